The molecule has 0 saturated heterocycles. The van der Waals surface area contributed by atoms with E-state index < -0.39 is 0 Å². The van der Waals surface area contributed by atoms with Crippen molar-refractivity contribution in [2.75, 3.05) is 5.32 Å². The summed E-state index contributed by atoms with van der Waals surface area (Å²) in [4.78, 5) is 1.37. The third-order valence-corrected chi connectivity index (χ3v) is 3.92. The molecule has 0 bridgehead atoms. The highest BCUT2D eigenvalue weighted by Gasteiger charge is 2.06. The van der Waals surface area contributed by atoms with Crippen molar-refractivity contribution in [1.29, 1.82) is 0 Å². The Morgan fingerprint density at radius 1 is 1.12 bits per heavy atom. The molecular weight excluding hydrogens is 214 g/mol. The van der Waals surface area contributed by atoms with Crippen molar-refractivity contribution in [3.05, 3.63) is 51.7 Å². The highest BCUT2D eigenvalue weighted by Crippen LogP contribution is 2.24. The average Bonchev–Trinajstić information content (AvgIpc) is 2.77. The quantitative estimate of drug-likeness (QED) is 0.818. The third-order valence-electron chi connectivity index (χ3n) is 2.86. The molecule has 2 heteroatoms. The van der Waals surface area contributed by atoms with Crippen LogP contribution < -0.4 is 5.32 Å². The molecule has 0 aliphatic rings. The number of benzene rings is 1. The van der Waals surface area contributed by atoms with Crippen LogP contribution in [0.1, 0.15) is 29.0 Å². The zero-order chi connectivity index (χ0) is 11.5. The van der Waals surface area contributed by atoms with Crippen molar-refractivity contribution in [3.63, 3.8) is 0 Å². The Bertz CT molecular complexity index is 460. The van der Waals surface area contributed by atoms with E-state index in [1.807, 2.05) is 0 Å². The van der Waals surface area contributed by atoms with Gasteiger partial charge < -0.3 is 5.32 Å². The number of anilines is 1. The number of hydrogen-bond acceptors (Lipinski definition) is 2. The maximum Gasteiger partial charge on any atom is 0.0578 e. The molecule has 0 aliphatic heterocycles. The lowest BCUT2D eigenvalue weighted by atomic mass is 10.1. The monoisotopic (exact) mass is 231 g/mol. The molecule has 0 aliphatic carbocycles. The third kappa shape index (κ3) is 2.45. The lowest BCUT2D eigenvalue weighted by Gasteiger charge is -2.14. The van der Waals surface area contributed by atoms with Gasteiger partial charge in [0.05, 0.1) is 6.04 Å². The van der Waals surface area contributed by atoms with E-state index in [-0.39, 0.29) is 0 Å². The smallest absolute Gasteiger partial charge is 0.0578 e. The first-order valence-electron chi connectivity index (χ1n) is 5.54. The summed E-state index contributed by atoms with van der Waals surface area (Å²) >= 11 is 1.80. The summed E-state index contributed by atoms with van der Waals surface area (Å²) in [6, 6.07) is 11.2. The fourth-order valence-corrected chi connectivity index (χ4v) is 2.42. The molecule has 1 nitrogen and oxygen atoms in total. The molecule has 1 heterocycles. The lowest BCUT2D eigenvalue weighted by molar-refractivity contribution is 0.907. The predicted molar refractivity (Wildman–Crippen MR) is 72.3 cm³/mol. The van der Waals surface area contributed by atoms with E-state index in [0.717, 1.165) is 0 Å². The van der Waals surface area contributed by atoms with Gasteiger partial charge in [0.25, 0.3) is 0 Å². The van der Waals surface area contributed by atoms with Crippen LogP contribution in [0.2, 0.25) is 0 Å². The average molecular weight is 231 g/mol. The van der Waals surface area contributed by atoms with E-state index in [1.165, 1.54) is 21.7 Å². The van der Waals surface area contributed by atoms with Crippen molar-refractivity contribution in [2.45, 2.75) is 26.8 Å². The standard InChI is InChI=1S/C14H17NS/c1-10-6-7-13(9-11(10)2)15-12(3)14-5-4-8-16-14/h4-9,12,15H,1-3H3. The second kappa shape index (κ2) is 4.71. The van der Waals surface area contributed by atoms with Gasteiger partial charge in [0.2, 0.25) is 0 Å². The van der Waals surface area contributed by atoms with Crippen molar-refractivity contribution in [2.24, 2.45) is 0 Å². The van der Waals surface area contributed by atoms with E-state index in [1.54, 1.807) is 11.3 Å². The molecule has 0 radical (unpaired) electrons. The summed E-state index contributed by atoms with van der Waals surface area (Å²) in [7, 11) is 0. The van der Waals surface area contributed by atoms with Crippen LogP contribution in [0, 0.1) is 13.8 Å². The highest BCUT2D eigenvalue weighted by molar-refractivity contribution is 7.10. The molecule has 1 aromatic carbocycles. The Hall–Kier alpha value is -1.28. The van der Waals surface area contributed by atoms with E-state index in [2.05, 4.69) is 61.8 Å². The Labute approximate surface area is 101 Å². The normalized spacial score (nSPS) is 12.4. The van der Waals surface area contributed by atoms with Crippen LogP contribution in [0.4, 0.5) is 5.69 Å². The number of nitrogens with one attached hydrogen (secondary N) is 1. The zero-order valence-corrected chi connectivity index (χ0v) is 10.8. The molecule has 16 heavy (non-hydrogen) atoms. The highest BCUT2D eigenvalue weighted by atomic mass is 32.1. The van der Waals surface area contributed by atoms with E-state index in [4.69, 9.17) is 0 Å². The minimum absolute atomic E-state index is 0.377. The molecular formula is C14H17NS. The number of aryl methyl sites for hydroxylation is 2. The molecule has 84 valence electrons. The number of hydrogen-bond donors (Lipinski definition) is 1. The number of rotatable bonds is 3. The summed E-state index contributed by atoms with van der Waals surface area (Å²) in [5.74, 6) is 0. The molecule has 2 aromatic rings. The van der Waals surface area contributed by atoms with Crippen LogP contribution in [-0.4, -0.2) is 0 Å². The van der Waals surface area contributed by atoms with E-state index >= 15 is 0 Å². The zero-order valence-electron chi connectivity index (χ0n) is 9.95. The predicted octanol–water partition coefficient (Wildman–Crippen LogP) is 4.54. The van der Waals surface area contributed by atoms with Crippen molar-refractivity contribution in [3.8, 4) is 0 Å². The van der Waals surface area contributed by atoms with Crippen molar-refractivity contribution < 1.29 is 0 Å². The largest absolute Gasteiger partial charge is 0.378 e. The molecule has 1 aromatic heterocycles. The van der Waals surface area contributed by atoms with Gasteiger partial charge in [-0.3, -0.25) is 0 Å². The summed E-state index contributed by atoms with van der Waals surface area (Å²) in [6.45, 7) is 6.49. The van der Waals surface area contributed by atoms with Gasteiger partial charge in [0, 0.05) is 10.6 Å². The first-order chi connectivity index (χ1) is 7.66. The summed E-state index contributed by atoms with van der Waals surface area (Å²) < 4.78 is 0. The van der Waals surface area contributed by atoms with E-state index in [0.29, 0.717) is 6.04 Å². The Morgan fingerprint density at radius 3 is 2.56 bits per heavy atom. The molecule has 1 N–H and O–H groups in total. The Kier molecular flexibility index (Phi) is 3.30. The van der Waals surface area contributed by atoms with Crippen molar-refractivity contribution >= 4 is 17.0 Å². The van der Waals surface area contributed by atoms with Crippen molar-refractivity contribution in [1.82, 2.24) is 0 Å². The van der Waals surface area contributed by atoms with Crippen LogP contribution in [-0.2, 0) is 0 Å². The number of thiophene rings is 1. The van der Waals surface area contributed by atoms with Crippen LogP contribution in [0.3, 0.4) is 0 Å². The van der Waals surface area contributed by atoms with Gasteiger partial charge in [-0.1, -0.05) is 12.1 Å². The minimum Gasteiger partial charge on any atom is -0.378 e. The van der Waals surface area contributed by atoms with Gasteiger partial charge >= 0.3 is 0 Å². The van der Waals surface area contributed by atoms with Crippen LogP contribution in [0.5, 0.6) is 0 Å². The van der Waals surface area contributed by atoms with Gasteiger partial charge in [0.1, 0.15) is 0 Å². The lowest BCUT2D eigenvalue weighted by Crippen LogP contribution is -2.04. The van der Waals surface area contributed by atoms with E-state index in [9.17, 15) is 0 Å². The minimum atomic E-state index is 0.377. The molecule has 0 saturated carbocycles. The van der Waals surface area contributed by atoms with Gasteiger partial charge in [-0.05, 0) is 55.5 Å². The topological polar surface area (TPSA) is 12.0 Å². The first kappa shape index (κ1) is 11.2. The van der Waals surface area contributed by atoms with Crippen LogP contribution in [0.25, 0.3) is 0 Å². The van der Waals surface area contributed by atoms with Gasteiger partial charge in [-0.15, -0.1) is 11.3 Å². The summed E-state index contributed by atoms with van der Waals surface area (Å²) in [5.41, 5.74) is 3.88. The maximum atomic E-state index is 3.52. The summed E-state index contributed by atoms with van der Waals surface area (Å²) in [6.07, 6.45) is 0. The second-order valence-electron chi connectivity index (χ2n) is 4.18. The fraction of sp³-hybridized carbons (Fsp3) is 0.286. The second-order valence-corrected chi connectivity index (χ2v) is 5.16. The molecule has 1 atom stereocenters. The molecule has 0 amide bonds. The van der Waals surface area contributed by atoms with Gasteiger partial charge in [0.15, 0.2) is 0 Å². The van der Waals surface area contributed by atoms with Crippen LogP contribution >= 0.6 is 11.3 Å². The molecule has 0 fully saturated rings. The van der Waals surface area contributed by atoms with Gasteiger partial charge in [-0.25, -0.2) is 0 Å². The Morgan fingerprint density at radius 2 is 1.94 bits per heavy atom. The first-order valence-corrected chi connectivity index (χ1v) is 6.42. The SMILES string of the molecule is Cc1ccc(NC(C)c2cccs2)cc1C. The van der Waals surface area contributed by atoms with Gasteiger partial charge in [-0.2, -0.15) is 0 Å². The maximum absolute atomic E-state index is 3.52. The Balaban J connectivity index is 2.12. The fourth-order valence-electron chi connectivity index (χ4n) is 1.69. The molecule has 1 unspecified atom stereocenters. The summed E-state index contributed by atoms with van der Waals surface area (Å²) in [5, 5.41) is 5.64. The molecule has 2 rings (SSSR count). The van der Waals surface area contributed by atoms with Crippen LogP contribution in [0.15, 0.2) is 35.7 Å². The molecule has 0 spiro atoms.